The summed E-state index contributed by atoms with van der Waals surface area (Å²) >= 11 is 0. The zero-order valence-corrected chi connectivity index (χ0v) is 16.4. The van der Waals surface area contributed by atoms with Crippen LogP contribution in [0.3, 0.4) is 0 Å². The summed E-state index contributed by atoms with van der Waals surface area (Å²) in [6, 6.07) is 0.223. The molecule has 0 bridgehead atoms. The number of carbonyl (C=O) groups excluding carboxylic acids is 1. The van der Waals surface area contributed by atoms with Crippen LogP contribution in [0.25, 0.3) is 0 Å². The fraction of sp³-hybridized carbons (Fsp3) is 0.722. The molecule has 2 aliphatic rings. The third-order valence-electron chi connectivity index (χ3n) is 5.50. The van der Waals surface area contributed by atoms with Gasteiger partial charge in [-0.1, -0.05) is 6.92 Å². The summed E-state index contributed by atoms with van der Waals surface area (Å²) in [7, 11) is -2.95. The van der Waals surface area contributed by atoms with Crippen molar-refractivity contribution in [2.75, 3.05) is 29.5 Å². The summed E-state index contributed by atoms with van der Waals surface area (Å²) in [6.45, 7) is 5.53. The van der Waals surface area contributed by atoms with Gasteiger partial charge in [0.15, 0.2) is 9.84 Å². The van der Waals surface area contributed by atoms with Gasteiger partial charge >= 0.3 is 0 Å². The Balaban J connectivity index is 1.74. The first-order valence-corrected chi connectivity index (χ1v) is 11.4. The number of sulfone groups is 1. The lowest BCUT2D eigenvalue weighted by Crippen LogP contribution is -2.43. The molecule has 2 fully saturated rings. The Kier molecular flexibility index (Phi) is 5.79. The van der Waals surface area contributed by atoms with E-state index < -0.39 is 9.84 Å². The van der Waals surface area contributed by atoms with Crippen LogP contribution in [-0.2, 0) is 9.84 Å². The predicted molar refractivity (Wildman–Crippen MR) is 101 cm³/mol. The van der Waals surface area contributed by atoms with Gasteiger partial charge in [0.2, 0.25) is 0 Å². The van der Waals surface area contributed by atoms with E-state index in [2.05, 4.69) is 16.9 Å². The second-order valence-electron chi connectivity index (χ2n) is 7.16. The molecule has 7 nitrogen and oxygen atoms in total. The van der Waals surface area contributed by atoms with E-state index in [4.69, 9.17) is 0 Å². The van der Waals surface area contributed by atoms with Crippen LogP contribution in [0.5, 0.6) is 0 Å². The van der Waals surface area contributed by atoms with Crippen LogP contribution >= 0.6 is 0 Å². The van der Waals surface area contributed by atoms with Crippen LogP contribution < -0.4 is 4.90 Å². The monoisotopic (exact) mass is 380 g/mol. The molecule has 0 saturated carbocycles. The summed E-state index contributed by atoms with van der Waals surface area (Å²) in [4.78, 5) is 25.5. The molecule has 3 heterocycles. The molecule has 26 heavy (non-hydrogen) atoms. The topological polar surface area (TPSA) is 83.5 Å². The first-order chi connectivity index (χ1) is 12.4. The number of aromatic nitrogens is 2. The van der Waals surface area contributed by atoms with E-state index in [0.717, 1.165) is 25.8 Å². The van der Waals surface area contributed by atoms with Gasteiger partial charge in [0.25, 0.3) is 5.91 Å². The number of hydrogen-bond donors (Lipinski definition) is 0. The van der Waals surface area contributed by atoms with E-state index in [1.54, 1.807) is 6.20 Å². The second kappa shape index (κ2) is 7.90. The number of likely N-dealkylation sites (tertiary alicyclic amines) is 1. The molecule has 2 saturated heterocycles. The normalized spacial score (nSPS) is 25.2. The summed E-state index contributed by atoms with van der Waals surface area (Å²) in [6.07, 6.45) is 7.96. The molecule has 2 aliphatic heterocycles. The molecular weight excluding hydrogens is 352 g/mol. The average Bonchev–Trinajstić information content (AvgIpc) is 3.02. The Hall–Kier alpha value is -1.70. The minimum atomic E-state index is -2.95. The highest BCUT2D eigenvalue weighted by atomic mass is 32.2. The third-order valence-corrected chi connectivity index (χ3v) is 7.25. The SMILES string of the molecule is CCC1CCCCN1C(=O)c1cnc(N(CC)C2CCS(=O)(=O)C2)cn1. The maximum absolute atomic E-state index is 12.8. The molecule has 8 heteroatoms. The summed E-state index contributed by atoms with van der Waals surface area (Å²) < 4.78 is 23.5. The first-order valence-electron chi connectivity index (χ1n) is 9.55. The molecule has 1 aromatic heterocycles. The molecule has 0 aliphatic carbocycles. The van der Waals surface area contributed by atoms with Gasteiger partial charge in [0, 0.05) is 25.2 Å². The minimum Gasteiger partial charge on any atom is -0.352 e. The minimum absolute atomic E-state index is 0.0536. The number of carbonyl (C=O) groups is 1. The van der Waals surface area contributed by atoms with Crippen molar-refractivity contribution in [2.45, 2.75) is 58.0 Å². The molecule has 2 unspecified atom stereocenters. The Morgan fingerprint density at radius 1 is 1.23 bits per heavy atom. The fourth-order valence-corrected chi connectivity index (χ4v) is 5.78. The zero-order valence-electron chi connectivity index (χ0n) is 15.6. The maximum atomic E-state index is 12.8. The highest BCUT2D eigenvalue weighted by Gasteiger charge is 2.33. The first kappa shape index (κ1) is 19.1. The van der Waals surface area contributed by atoms with Crippen LogP contribution in [-0.4, -0.2) is 65.9 Å². The largest absolute Gasteiger partial charge is 0.352 e. The third kappa shape index (κ3) is 4.00. The number of rotatable bonds is 5. The summed E-state index contributed by atoms with van der Waals surface area (Å²) in [5.41, 5.74) is 0.365. The van der Waals surface area contributed by atoms with Gasteiger partial charge < -0.3 is 9.80 Å². The lowest BCUT2D eigenvalue weighted by atomic mass is 10.00. The van der Waals surface area contributed by atoms with E-state index in [0.29, 0.717) is 24.5 Å². The van der Waals surface area contributed by atoms with E-state index in [9.17, 15) is 13.2 Å². The van der Waals surface area contributed by atoms with Crippen molar-refractivity contribution in [3.05, 3.63) is 18.1 Å². The van der Waals surface area contributed by atoms with Crippen molar-refractivity contribution < 1.29 is 13.2 Å². The maximum Gasteiger partial charge on any atom is 0.274 e. The summed E-state index contributed by atoms with van der Waals surface area (Å²) in [5, 5.41) is 0. The Bertz CT molecular complexity index is 735. The molecule has 144 valence electrons. The Morgan fingerprint density at radius 3 is 2.62 bits per heavy atom. The molecule has 1 amide bonds. The Morgan fingerprint density at radius 2 is 2.04 bits per heavy atom. The number of amides is 1. The molecule has 0 spiro atoms. The lowest BCUT2D eigenvalue weighted by molar-refractivity contribution is 0.0601. The van der Waals surface area contributed by atoms with Gasteiger partial charge in [0.1, 0.15) is 11.5 Å². The van der Waals surface area contributed by atoms with E-state index in [-0.39, 0.29) is 29.5 Å². The van der Waals surface area contributed by atoms with Crippen molar-refractivity contribution in [1.29, 1.82) is 0 Å². The Labute approximate surface area is 155 Å². The fourth-order valence-electron chi connectivity index (χ4n) is 4.05. The van der Waals surface area contributed by atoms with Crippen LogP contribution in [0.15, 0.2) is 12.4 Å². The van der Waals surface area contributed by atoms with E-state index >= 15 is 0 Å². The van der Waals surface area contributed by atoms with Gasteiger partial charge in [-0.25, -0.2) is 18.4 Å². The highest BCUT2D eigenvalue weighted by Crippen LogP contribution is 2.24. The van der Waals surface area contributed by atoms with Gasteiger partial charge in [-0.3, -0.25) is 4.79 Å². The summed E-state index contributed by atoms with van der Waals surface area (Å²) in [5.74, 6) is 0.972. The molecule has 0 aromatic carbocycles. The quantitative estimate of drug-likeness (QED) is 0.776. The van der Waals surface area contributed by atoms with Gasteiger partial charge in [-0.2, -0.15) is 0 Å². The zero-order chi connectivity index (χ0) is 18.7. The highest BCUT2D eigenvalue weighted by molar-refractivity contribution is 7.91. The second-order valence-corrected chi connectivity index (χ2v) is 9.39. The van der Waals surface area contributed by atoms with Crippen LogP contribution in [0, 0.1) is 0 Å². The lowest BCUT2D eigenvalue weighted by Gasteiger charge is -2.35. The number of piperidine rings is 1. The molecule has 0 N–H and O–H groups in total. The van der Waals surface area contributed by atoms with Crippen molar-refractivity contribution >= 4 is 21.6 Å². The average molecular weight is 381 g/mol. The number of anilines is 1. The van der Waals surface area contributed by atoms with Gasteiger partial charge in [-0.15, -0.1) is 0 Å². The van der Waals surface area contributed by atoms with Gasteiger partial charge in [-0.05, 0) is 39.0 Å². The van der Waals surface area contributed by atoms with Gasteiger partial charge in [0.05, 0.1) is 23.9 Å². The van der Waals surface area contributed by atoms with Crippen LogP contribution in [0.2, 0.25) is 0 Å². The molecule has 1 aromatic rings. The molecule has 0 radical (unpaired) electrons. The van der Waals surface area contributed by atoms with Crippen molar-refractivity contribution in [2.24, 2.45) is 0 Å². The van der Waals surface area contributed by atoms with Crippen molar-refractivity contribution in [3.8, 4) is 0 Å². The predicted octanol–water partition coefficient (Wildman–Crippen LogP) is 1.89. The molecular formula is C18H28N4O3S. The van der Waals surface area contributed by atoms with Crippen LogP contribution in [0.1, 0.15) is 56.4 Å². The molecule has 3 rings (SSSR count). The number of hydrogen-bond acceptors (Lipinski definition) is 6. The van der Waals surface area contributed by atoms with E-state index in [1.807, 2.05) is 16.7 Å². The standard InChI is InChI=1S/C18H28N4O3S/c1-3-14-7-5-6-9-22(14)18(23)16-11-20-17(12-19-16)21(4-2)15-8-10-26(24,25)13-15/h11-12,14-15H,3-10,13H2,1-2H3. The van der Waals surface area contributed by atoms with Crippen molar-refractivity contribution in [1.82, 2.24) is 14.9 Å². The number of nitrogens with zero attached hydrogens (tertiary/aromatic N) is 4. The van der Waals surface area contributed by atoms with Crippen LogP contribution in [0.4, 0.5) is 5.82 Å². The van der Waals surface area contributed by atoms with E-state index in [1.165, 1.54) is 12.6 Å². The smallest absolute Gasteiger partial charge is 0.274 e. The molecule has 2 atom stereocenters. The van der Waals surface area contributed by atoms with Crippen molar-refractivity contribution in [3.63, 3.8) is 0 Å².